The number of aliphatic carboxylic acids is 1. The molecule has 26 heavy (non-hydrogen) atoms. The van der Waals surface area contributed by atoms with Crippen molar-refractivity contribution in [2.45, 2.75) is 31.7 Å². The Labute approximate surface area is 157 Å². The van der Waals surface area contributed by atoms with Crippen molar-refractivity contribution in [2.75, 3.05) is 41.3 Å². The molecule has 8 heteroatoms. The highest BCUT2D eigenvalue weighted by Gasteiger charge is 2.30. The average molecular weight is 386 g/mol. The summed E-state index contributed by atoms with van der Waals surface area (Å²) in [4.78, 5) is 11.0. The monoisotopic (exact) mass is 385 g/mol. The van der Waals surface area contributed by atoms with Crippen LogP contribution in [0.4, 0.5) is 0 Å². The topological polar surface area (TPSA) is 89.5 Å². The van der Waals surface area contributed by atoms with Crippen molar-refractivity contribution >= 4 is 16.2 Å². The molecule has 1 rings (SSSR count). The molecule has 0 bridgehead atoms. The highest BCUT2D eigenvalue weighted by Crippen LogP contribution is 2.11. The second-order valence-electron chi connectivity index (χ2n) is 7.56. The van der Waals surface area contributed by atoms with Crippen LogP contribution >= 0.6 is 0 Å². The van der Waals surface area contributed by atoms with Gasteiger partial charge in [0.15, 0.2) is 0 Å². The summed E-state index contributed by atoms with van der Waals surface area (Å²) in [5.74, 6) is -1.26. The van der Waals surface area contributed by atoms with Gasteiger partial charge in [0.1, 0.15) is 0 Å². The summed E-state index contributed by atoms with van der Waals surface area (Å²) >= 11 is 0. The zero-order valence-electron chi connectivity index (χ0n) is 16.1. The molecule has 0 aromatic heterocycles. The predicted octanol–water partition coefficient (Wildman–Crippen LogP) is -0.00970. The van der Waals surface area contributed by atoms with Crippen LogP contribution in [0.5, 0.6) is 0 Å². The summed E-state index contributed by atoms with van der Waals surface area (Å²) in [6.07, 6.45) is 2.15. The highest BCUT2D eigenvalue weighted by atomic mass is 32.2. The van der Waals surface area contributed by atoms with E-state index in [1.165, 1.54) is 12.6 Å². The second-order valence-corrected chi connectivity index (χ2v) is 9.38. The number of carbonyl (C=O) groups is 1. The first-order valence-electron chi connectivity index (χ1n) is 8.78. The summed E-state index contributed by atoms with van der Waals surface area (Å²) in [5.41, 5.74) is 1.23. The van der Waals surface area contributed by atoms with Gasteiger partial charge in [-0.3, -0.25) is 0 Å². The van der Waals surface area contributed by atoms with Crippen molar-refractivity contribution in [2.24, 2.45) is 0 Å². The molecule has 0 amide bonds. The first-order chi connectivity index (χ1) is 12.0. The molecule has 0 saturated carbocycles. The molecule has 0 fully saturated rings. The SMILES string of the molecule is CN([C@H](CC(=O)[O-])C[N+](C)(C)C)S(=O)(=O)NCCCCc1ccccc1. The molecule has 0 aliphatic carbocycles. The van der Waals surface area contributed by atoms with Gasteiger partial charge in [0, 0.05) is 26.0 Å². The molecule has 1 aromatic carbocycles. The summed E-state index contributed by atoms with van der Waals surface area (Å²) in [7, 11) is 3.34. The number of carboxylic acids is 1. The van der Waals surface area contributed by atoms with Crippen molar-refractivity contribution in [3.05, 3.63) is 35.9 Å². The molecule has 0 spiro atoms. The van der Waals surface area contributed by atoms with Gasteiger partial charge in [0.2, 0.25) is 0 Å². The van der Waals surface area contributed by atoms with Crippen molar-refractivity contribution in [3.63, 3.8) is 0 Å². The first-order valence-corrected chi connectivity index (χ1v) is 10.2. The molecule has 0 aliphatic rings. The lowest BCUT2D eigenvalue weighted by molar-refractivity contribution is -0.872. The van der Waals surface area contributed by atoms with Crippen molar-refractivity contribution in [1.29, 1.82) is 0 Å². The molecule has 0 heterocycles. The fraction of sp³-hybridized carbons (Fsp3) is 0.611. The number of likely N-dealkylation sites (N-methyl/N-ethyl adjacent to an activating group) is 2. The lowest BCUT2D eigenvalue weighted by Crippen LogP contribution is -2.53. The van der Waals surface area contributed by atoms with Gasteiger partial charge in [-0.25, -0.2) is 4.72 Å². The van der Waals surface area contributed by atoms with Gasteiger partial charge >= 0.3 is 0 Å². The molecule has 7 nitrogen and oxygen atoms in total. The van der Waals surface area contributed by atoms with Gasteiger partial charge in [0.05, 0.1) is 33.7 Å². The van der Waals surface area contributed by atoms with Gasteiger partial charge in [-0.2, -0.15) is 12.7 Å². The van der Waals surface area contributed by atoms with Gasteiger partial charge in [-0.05, 0) is 24.8 Å². The number of hydrogen-bond acceptors (Lipinski definition) is 4. The van der Waals surface area contributed by atoms with E-state index in [9.17, 15) is 18.3 Å². The van der Waals surface area contributed by atoms with Crippen LogP contribution in [0.2, 0.25) is 0 Å². The van der Waals surface area contributed by atoms with Crippen LogP contribution in [0.1, 0.15) is 24.8 Å². The number of nitrogens with one attached hydrogen (secondary N) is 1. The van der Waals surface area contributed by atoms with Crippen molar-refractivity contribution in [1.82, 2.24) is 9.03 Å². The first kappa shape index (κ1) is 22.6. The molecular weight excluding hydrogens is 354 g/mol. The van der Waals surface area contributed by atoms with E-state index in [0.717, 1.165) is 17.1 Å². The van der Waals surface area contributed by atoms with Gasteiger partial charge < -0.3 is 14.4 Å². The van der Waals surface area contributed by atoms with Crippen LogP contribution in [0, 0.1) is 0 Å². The maximum absolute atomic E-state index is 12.5. The van der Waals surface area contributed by atoms with E-state index >= 15 is 0 Å². The summed E-state index contributed by atoms with van der Waals surface area (Å²) in [5, 5.41) is 11.0. The zero-order chi connectivity index (χ0) is 19.8. The maximum atomic E-state index is 12.5. The smallest absolute Gasteiger partial charge is 0.279 e. The lowest BCUT2D eigenvalue weighted by Gasteiger charge is -2.34. The minimum atomic E-state index is -3.74. The third kappa shape index (κ3) is 8.75. The van der Waals surface area contributed by atoms with Crippen LogP contribution in [-0.2, 0) is 21.4 Å². The number of nitrogens with zero attached hydrogens (tertiary/aromatic N) is 2. The van der Waals surface area contributed by atoms with Crippen molar-refractivity contribution in [3.8, 4) is 0 Å². The summed E-state index contributed by atoms with van der Waals surface area (Å²) in [6.45, 7) is 0.696. The Kier molecular flexibility index (Phi) is 8.69. The van der Waals surface area contributed by atoms with Crippen LogP contribution in [-0.4, -0.2) is 70.5 Å². The quantitative estimate of drug-likeness (QED) is 0.405. The minimum Gasteiger partial charge on any atom is -0.550 e. The standard InChI is InChI=1S/C18H31N3O4S/c1-20(17(14-18(22)23)15-21(2,3)4)26(24,25)19-13-9-8-12-16-10-6-5-7-11-16/h5-7,10-11,17,19H,8-9,12-15H2,1-4H3/t17-/m1/s1. The number of quaternary nitrogens is 1. The molecule has 1 aromatic rings. The van der Waals surface area contributed by atoms with E-state index in [0.29, 0.717) is 24.0 Å². The van der Waals surface area contributed by atoms with Gasteiger partial charge in [0.25, 0.3) is 10.2 Å². The van der Waals surface area contributed by atoms with E-state index in [4.69, 9.17) is 0 Å². The Morgan fingerprint density at radius 1 is 1.19 bits per heavy atom. The number of carboxylic acid groups (broad SMARTS) is 1. The van der Waals surface area contributed by atoms with E-state index in [1.807, 2.05) is 51.5 Å². The van der Waals surface area contributed by atoms with E-state index in [2.05, 4.69) is 4.72 Å². The van der Waals surface area contributed by atoms with E-state index in [-0.39, 0.29) is 6.42 Å². The van der Waals surface area contributed by atoms with E-state index in [1.54, 1.807) is 0 Å². The van der Waals surface area contributed by atoms with Crippen LogP contribution < -0.4 is 9.83 Å². The molecule has 0 aliphatic heterocycles. The van der Waals surface area contributed by atoms with Gasteiger partial charge in [-0.15, -0.1) is 0 Å². The lowest BCUT2D eigenvalue weighted by atomic mass is 10.1. The fourth-order valence-corrected chi connectivity index (χ4v) is 3.87. The number of unbranched alkanes of at least 4 members (excludes halogenated alkanes) is 1. The van der Waals surface area contributed by atoms with Crippen molar-refractivity contribution < 1.29 is 22.8 Å². The van der Waals surface area contributed by atoms with Crippen LogP contribution in [0.3, 0.4) is 0 Å². The van der Waals surface area contributed by atoms with Gasteiger partial charge in [-0.1, -0.05) is 30.3 Å². The number of hydrogen-bond donors (Lipinski definition) is 1. The third-order valence-corrected chi connectivity index (χ3v) is 5.70. The normalized spacial score (nSPS) is 13.7. The maximum Gasteiger partial charge on any atom is 0.279 e. The molecule has 0 radical (unpaired) electrons. The largest absolute Gasteiger partial charge is 0.550 e. The molecule has 1 N–H and O–H groups in total. The Morgan fingerprint density at radius 3 is 2.35 bits per heavy atom. The zero-order valence-corrected chi connectivity index (χ0v) is 17.0. The summed E-state index contributed by atoms with van der Waals surface area (Å²) in [6, 6.07) is 9.37. The Morgan fingerprint density at radius 2 is 1.81 bits per heavy atom. The molecule has 0 saturated heterocycles. The third-order valence-electron chi connectivity index (χ3n) is 4.07. The number of carbonyl (C=O) groups excluding carboxylic acids is 1. The Hall–Kier alpha value is -1.48. The van der Waals surface area contributed by atoms with E-state index < -0.39 is 22.2 Å². The van der Waals surface area contributed by atoms with Crippen LogP contribution in [0.15, 0.2) is 30.3 Å². The molecule has 0 unspecified atom stereocenters. The second kappa shape index (κ2) is 10.0. The molecular formula is C18H31N3O4S. The minimum absolute atomic E-state index is 0.321. The Bertz CT molecular complexity index is 657. The molecule has 1 atom stereocenters. The number of rotatable bonds is 12. The average Bonchev–Trinajstić information content (AvgIpc) is 2.52. The molecule has 148 valence electrons. The Balaban J connectivity index is 2.53. The van der Waals surface area contributed by atoms with Crippen LogP contribution in [0.25, 0.3) is 0 Å². The highest BCUT2D eigenvalue weighted by molar-refractivity contribution is 7.87. The summed E-state index contributed by atoms with van der Waals surface area (Å²) < 4.78 is 29.1. The number of aryl methyl sites for hydroxylation is 1. The number of benzene rings is 1. The predicted molar refractivity (Wildman–Crippen MR) is 100 cm³/mol. The fourth-order valence-electron chi connectivity index (χ4n) is 2.73.